The van der Waals surface area contributed by atoms with Gasteiger partial charge in [-0.15, -0.1) is 0 Å². The monoisotopic (exact) mass is 250 g/mol. The van der Waals surface area contributed by atoms with Crippen LogP contribution in [0.15, 0.2) is 0 Å². The van der Waals surface area contributed by atoms with Crippen LogP contribution in [0.2, 0.25) is 0 Å². The molecule has 0 bridgehead atoms. The van der Waals surface area contributed by atoms with Crippen molar-refractivity contribution in [2.75, 3.05) is 19.6 Å². The van der Waals surface area contributed by atoms with E-state index in [1.165, 1.54) is 58.2 Å². The third-order valence-electron chi connectivity index (χ3n) is 5.26. The van der Waals surface area contributed by atoms with Crippen LogP contribution in [0.4, 0.5) is 0 Å². The smallest absolute Gasteiger partial charge is 0.0100 e. The molecule has 104 valence electrons. The summed E-state index contributed by atoms with van der Waals surface area (Å²) in [5.41, 5.74) is 0. The standard InChI is InChI=1S/C16H30N2/c1-12-7-13(2)9-16(8-12)18-6-5-14(11-18)10-17-15-3-4-15/h12-17H,3-11H2,1-2H3. The molecular weight excluding hydrogens is 220 g/mol. The maximum absolute atomic E-state index is 3.71. The molecule has 0 aromatic carbocycles. The fraction of sp³-hybridized carbons (Fsp3) is 1.00. The Kier molecular flexibility index (Phi) is 3.95. The summed E-state index contributed by atoms with van der Waals surface area (Å²) in [6.07, 6.45) is 8.64. The van der Waals surface area contributed by atoms with Crippen LogP contribution in [0.1, 0.15) is 52.4 Å². The zero-order chi connectivity index (χ0) is 12.5. The van der Waals surface area contributed by atoms with Gasteiger partial charge in [0.25, 0.3) is 0 Å². The maximum Gasteiger partial charge on any atom is 0.0100 e. The zero-order valence-corrected chi connectivity index (χ0v) is 12.2. The van der Waals surface area contributed by atoms with Gasteiger partial charge in [0.2, 0.25) is 0 Å². The van der Waals surface area contributed by atoms with Crippen molar-refractivity contribution in [3.8, 4) is 0 Å². The Bertz CT molecular complexity index is 264. The predicted octanol–water partition coefficient (Wildman–Crippen LogP) is 2.89. The van der Waals surface area contributed by atoms with Gasteiger partial charge in [0.15, 0.2) is 0 Å². The normalized spacial score (nSPS) is 42.3. The van der Waals surface area contributed by atoms with Gasteiger partial charge in [-0.1, -0.05) is 13.8 Å². The van der Waals surface area contributed by atoms with Crippen LogP contribution < -0.4 is 5.32 Å². The van der Waals surface area contributed by atoms with Crippen LogP contribution in [0.5, 0.6) is 0 Å². The molecule has 0 amide bonds. The first kappa shape index (κ1) is 12.9. The topological polar surface area (TPSA) is 15.3 Å². The summed E-state index contributed by atoms with van der Waals surface area (Å²) in [6, 6.07) is 1.78. The van der Waals surface area contributed by atoms with E-state index in [1.54, 1.807) is 0 Å². The number of nitrogens with zero attached hydrogens (tertiary/aromatic N) is 1. The quantitative estimate of drug-likeness (QED) is 0.825. The molecule has 2 aliphatic carbocycles. The number of nitrogens with one attached hydrogen (secondary N) is 1. The Hall–Kier alpha value is -0.0800. The van der Waals surface area contributed by atoms with E-state index in [0.717, 1.165) is 29.8 Å². The minimum absolute atomic E-state index is 0.883. The molecule has 1 N–H and O–H groups in total. The molecule has 3 rings (SSSR count). The van der Waals surface area contributed by atoms with E-state index in [-0.39, 0.29) is 0 Å². The maximum atomic E-state index is 3.71. The molecule has 0 aromatic rings. The van der Waals surface area contributed by atoms with Gasteiger partial charge in [0.05, 0.1) is 0 Å². The average Bonchev–Trinajstić information content (AvgIpc) is 3.02. The largest absolute Gasteiger partial charge is 0.314 e. The Balaban J connectivity index is 1.45. The highest BCUT2D eigenvalue weighted by Gasteiger charge is 2.33. The second-order valence-corrected chi connectivity index (χ2v) is 7.40. The lowest BCUT2D eigenvalue weighted by atomic mass is 9.80. The highest BCUT2D eigenvalue weighted by atomic mass is 15.2. The molecule has 2 saturated carbocycles. The van der Waals surface area contributed by atoms with Gasteiger partial charge >= 0.3 is 0 Å². The molecule has 18 heavy (non-hydrogen) atoms. The van der Waals surface area contributed by atoms with Crippen molar-refractivity contribution in [1.29, 1.82) is 0 Å². The molecule has 2 nitrogen and oxygen atoms in total. The van der Waals surface area contributed by atoms with Gasteiger partial charge in [-0.05, 0) is 69.4 Å². The van der Waals surface area contributed by atoms with Crippen molar-refractivity contribution < 1.29 is 0 Å². The van der Waals surface area contributed by atoms with E-state index >= 15 is 0 Å². The third-order valence-corrected chi connectivity index (χ3v) is 5.26. The molecule has 1 aliphatic heterocycles. The van der Waals surface area contributed by atoms with Crippen LogP contribution in [-0.2, 0) is 0 Å². The van der Waals surface area contributed by atoms with Crippen LogP contribution in [-0.4, -0.2) is 36.6 Å². The summed E-state index contributed by atoms with van der Waals surface area (Å²) in [5.74, 6) is 2.82. The summed E-state index contributed by atoms with van der Waals surface area (Å²) in [7, 11) is 0. The first-order valence-corrected chi connectivity index (χ1v) is 8.18. The Labute approximate surface area is 113 Å². The van der Waals surface area contributed by atoms with E-state index in [1.807, 2.05) is 0 Å². The average molecular weight is 250 g/mol. The summed E-state index contributed by atoms with van der Waals surface area (Å²) in [4.78, 5) is 2.81. The molecule has 2 heteroatoms. The first-order chi connectivity index (χ1) is 8.70. The summed E-state index contributed by atoms with van der Waals surface area (Å²) in [6.45, 7) is 8.90. The van der Waals surface area contributed by atoms with Crippen molar-refractivity contribution in [1.82, 2.24) is 10.2 Å². The van der Waals surface area contributed by atoms with Crippen LogP contribution >= 0.6 is 0 Å². The molecule has 3 aliphatic rings. The van der Waals surface area contributed by atoms with Crippen molar-refractivity contribution in [2.45, 2.75) is 64.5 Å². The van der Waals surface area contributed by atoms with Gasteiger partial charge in [-0.2, -0.15) is 0 Å². The van der Waals surface area contributed by atoms with Gasteiger partial charge in [-0.3, -0.25) is 0 Å². The molecule has 3 atom stereocenters. The summed E-state index contributed by atoms with van der Waals surface area (Å²) in [5, 5.41) is 3.71. The first-order valence-electron chi connectivity index (χ1n) is 8.18. The van der Waals surface area contributed by atoms with Crippen molar-refractivity contribution in [3.05, 3.63) is 0 Å². The Morgan fingerprint density at radius 2 is 1.72 bits per heavy atom. The number of rotatable bonds is 4. The summed E-state index contributed by atoms with van der Waals surface area (Å²) < 4.78 is 0. The number of hydrogen-bond acceptors (Lipinski definition) is 2. The fourth-order valence-corrected chi connectivity index (χ4v) is 4.18. The van der Waals surface area contributed by atoms with Gasteiger partial charge < -0.3 is 10.2 Å². The van der Waals surface area contributed by atoms with Crippen molar-refractivity contribution in [2.24, 2.45) is 17.8 Å². The minimum atomic E-state index is 0.883. The lowest BCUT2D eigenvalue weighted by Gasteiger charge is -2.37. The third kappa shape index (κ3) is 3.27. The Morgan fingerprint density at radius 1 is 1.00 bits per heavy atom. The van der Waals surface area contributed by atoms with Crippen molar-refractivity contribution >= 4 is 0 Å². The van der Waals surface area contributed by atoms with E-state index in [0.29, 0.717) is 0 Å². The summed E-state index contributed by atoms with van der Waals surface area (Å²) >= 11 is 0. The van der Waals surface area contributed by atoms with Crippen LogP contribution in [0.25, 0.3) is 0 Å². The van der Waals surface area contributed by atoms with Gasteiger partial charge in [0.1, 0.15) is 0 Å². The predicted molar refractivity (Wildman–Crippen MR) is 76.7 cm³/mol. The molecule has 0 radical (unpaired) electrons. The van der Waals surface area contributed by atoms with Crippen LogP contribution in [0.3, 0.4) is 0 Å². The molecule has 1 saturated heterocycles. The second kappa shape index (κ2) is 5.50. The van der Waals surface area contributed by atoms with Gasteiger partial charge in [-0.25, -0.2) is 0 Å². The van der Waals surface area contributed by atoms with E-state index in [9.17, 15) is 0 Å². The second-order valence-electron chi connectivity index (χ2n) is 7.40. The molecule has 1 heterocycles. The Morgan fingerprint density at radius 3 is 2.39 bits per heavy atom. The lowest BCUT2D eigenvalue weighted by molar-refractivity contribution is 0.128. The van der Waals surface area contributed by atoms with Crippen LogP contribution in [0, 0.1) is 17.8 Å². The SMILES string of the molecule is CC1CC(C)CC(N2CCC(CNC3CC3)C2)C1. The number of likely N-dealkylation sites (tertiary alicyclic amines) is 1. The van der Waals surface area contributed by atoms with E-state index < -0.39 is 0 Å². The lowest BCUT2D eigenvalue weighted by Crippen LogP contribution is -2.39. The van der Waals surface area contributed by atoms with E-state index in [2.05, 4.69) is 24.1 Å². The van der Waals surface area contributed by atoms with Crippen molar-refractivity contribution in [3.63, 3.8) is 0 Å². The van der Waals surface area contributed by atoms with E-state index in [4.69, 9.17) is 0 Å². The highest BCUT2D eigenvalue weighted by Crippen LogP contribution is 2.34. The van der Waals surface area contributed by atoms with Gasteiger partial charge in [0, 0.05) is 18.6 Å². The molecule has 3 fully saturated rings. The molecular formula is C16H30N2. The highest BCUT2D eigenvalue weighted by molar-refractivity contribution is 4.89. The molecule has 3 unspecified atom stereocenters. The molecule has 0 aromatic heterocycles. The number of hydrogen-bond donors (Lipinski definition) is 1. The zero-order valence-electron chi connectivity index (χ0n) is 12.2. The minimum Gasteiger partial charge on any atom is -0.314 e. The fourth-order valence-electron chi connectivity index (χ4n) is 4.18. The molecule has 0 spiro atoms.